The van der Waals surface area contributed by atoms with Crippen molar-refractivity contribution in [2.75, 3.05) is 25.6 Å². The number of phosphoric acid groups is 2. The van der Waals surface area contributed by atoms with E-state index in [0.29, 0.717) is 12.8 Å². The van der Waals surface area contributed by atoms with Crippen molar-refractivity contribution in [2.45, 2.75) is 237 Å². The van der Waals surface area contributed by atoms with E-state index in [0.717, 1.165) is 68.8 Å². The van der Waals surface area contributed by atoms with E-state index >= 15 is 0 Å². The van der Waals surface area contributed by atoms with Gasteiger partial charge in [-0.05, 0) is 44.6 Å². The molecule has 0 saturated carbocycles. The molecular weight excluding hydrogens is 920 g/mol. The number of nitrogens with zero attached hydrogens (tertiary/aromatic N) is 2. The highest BCUT2D eigenvalue weighted by Gasteiger charge is 2.46. The second kappa shape index (κ2) is 37.3. The van der Waals surface area contributed by atoms with Crippen LogP contribution >= 0.6 is 15.6 Å². The van der Waals surface area contributed by atoms with Crippen LogP contribution in [0.3, 0.4) is 0 Å². The molecule has 1 saturated heterocycles. The van der Waals surface area contributed by atoms with Gasteiger partial charge in [0.1, 0.15) is 30.7 Å². The Kier molecular flexibility index (Phi) is 33.8. The number of carbonyl (C=O) groups excluding carboxylic acids is 2. The zero-order chi connectivity index (χ0) is 49.9. The van der Waals surface area contributed by atoms with Crippen molar-refractivity contribution in [1.29, 1.82) is 0 Å². The maximum atomic E-state index is 12.8. The topological polar surface area (TPSA) is 265 Å². The summed E-state index contributed by atoms with van der Waals surface area (Å²) < 4.78 is 56.8. The molecule has 6 N–H and O–H groups in total. The van der Waals surface area contributed by atoms with Gasteiger partial charge in [0.15, 0.2) is 12.3 Å². The first-order valence-electron chi connectivity index (χ1n) is 25.7. The number of allylic oxidation sites excluding steroid dienone is 2. The summed E-state index contributed by atoms with van der Waals surface area (Å²) in [5.74, 6) is -1.29. The first-order valence-corrected chi connectivity index (χ1v) is 28.7. The predicted octanol–water partition coefficient (Wildman–Crippen LogP) is 10.4. The Bertz CT molecular complexity index is 1680. The van der Waals surface area contributed by atoms with Crippen LogP contribution in [0.15, 0.2) is 29.2 Å². The molecule has 1 aromatic heterocycles. The molecule has 1 aliphatic heterocycles. The number of hydrogen-bond donors (Lipinski definition) is 5. The van der Waals surface area contributed by atoms with Gasteiger partial charge >= 0.3 is 33.3 Å². The minimum atomic E-state index is -5.42. The number of anilines is 1. The Labute approximate surface area is 405 Å². The smallest absolute Gasteiger partial charge is 0.462 e. The molecule has 0 bridgehead atoms. The van der Waals surface area contributed by atoms with Gasteiger partial charge in [-0.1, -0.05) is 167 Å². The molecule has 7 unspecified atom stereocenters. The van der Waals surface area contributed by atoms with Gasteiger partial charge in [-0.2, -0.15) is 9.29 Å². The Morgan fingerprint density at radius 2 is 1.15 bits per heavy atom. The Morgan fingerprint density at radius 3 is 1.65 bits per heavy atom. The number of carbonyl (C=O) groups is 2. The van der Waals surface area contributed by atoms with Crippen molar-refractivity contribution in [3.8, 4) is 0 Å². The molecule has 0 aromatic carbocycles. The van der Waals surface area contributed by atoms with Crippen LogP contribution in [0, 0.1) is 0 Å². The fraction of sp³-hybridized carbons (Fsp3) is 0.833. The first kappa shape index (κ1) is 61.6. The van der Waals surface area contributed by atoms with Crippen LogP contribution in [0.5, 0.6) is 0 Å². The summed E-state index contributed by atoms with van der Waals surface area (Å²) in [6.07, 6.45) is 30.0. The van der Waals surface area contributed by atoms with Crippen molar-refractivity contribution in [3.05, 3.63) is 34.9 Å². The maximum absolute atomic E-state index is 12.8. The average Bonchev–Trinajstić information content (AvgIpc) is 3.57. The highest BCUT2D eigenvalue weighted by molar-refractivity contribution is 7.61. The van der Waals surface area contributed by atoms with E-state index in [-0.39, 0.29) is 18.7 Å². The number of unbranched alkanes of at least 4 members (excludes halogenated alkanes) is 25. The number of phosphoric ester groups is 2. The third kappa shape index (κ3) is 29.6. The molecule has 1 fully saturated rings. The molecule has 0 radical (unpaired) electrons. The quantitative estimate of drug-likeness (QED) is 0.0176. The molecule has 7 atom stereocenters. The largest absolute Gasteiger partial charge is 0.481 e. The number of esters is 2. The zero-order valence-electron chi connectivity index (χ0n) is 41.2. The van der Waals surface area contributed by atoms with E-state index in [1.54, 1.807) is 0 Å². The fourth-order valence-electron chi connectivity index (χ4n) is 7.84. The van der Waals surface area contributed by atoms with Gasteiger partial charge in [0.05, 0.1) is 13.2 Å². The molecule has 1 aromatic rings. The van der Waals surface area contributed by atoms with Crippen molar-refractivity contribution in [1.82, 2.24) is 9.55 Å². The second-order valence-electron chi connectivity index (χ2n) is 18.0. The van der Waals surface area contributed by atoms with Gasteiger partial charge in [-0.25, -0.2) is 13.9 Å². The van der Waals surface area contributed by atoms with Crippen molar-refractivity contribution < 1.29 is 66.3 Å². The predicted molar refractivity (Wildman–Crippen MR) is 261 cm³/mol. The Balaban J connectivity index is 1.80. The van der Waals surface area contributed by atoms with Gasteiger partial charge < -0.3 is 39.9 Å². The molecule has 0 aliphatic carbocycles. The molecule has 20 heteroatoms. The lowest BCUT2D eigenvalue weighted by Crippen LogP contribution is -2.36. The summed E-state index contributed by atoms with van der Waals surface area (Å²) in [6.45, 7) is 2.17. The van der Waals surface area contributed by atoms with E-state index in [4.69, 9.17) is 29.0 Å². The molecule has 2 rings (SSSR count). The minimum Gasteiger partial charge on any atom is -0.462 e. The molecule has 0 spiro atoms. The van der Waals surface area contributed by atoms with Crippen LogP contribution in [-0.2, 0) is 46.3 Å². The summed E-state index contributed by atoms with van der Waals surface area (Å²) in [5, 5.41) is 20.9. The summed E-state index contributed by atoms with van der Waals surface area (Å²) in [5.41, 5.74) is 4.59. The minimum absolute atomic E-state index is 0.0445. The van der Waals surface area contributed by atoms with Crippen LogP contribution < -0.4 is 11.4 Å². The van der Waals surface area contributed by atoms with Gasteiger partial charge in [-0.15, -0.1) is 0 Å². The van der Waals surface area contributed by atoms with E-state index in [1.165, 1.54) is 115 Å². The van der Waals surface area contributed by atoms with Crippen LogP contribution in [-0.4, -0.2) is 85.7 Å². The van der Waals surface area contributed by atoms with Crippen LogP contribution in [0.1, 0.15) is 213 Å². The maximum Gasteiger partial charge on any atom is 0.481 e. The standard InChI is InChI=1S/C48H87N3O15P2/c1-3-5-7-9-11-13-15-17-19-21-23-25-27-29-31-33-43(52)61-37-40(64-44(53)34-32-30-28-26-24-22-20-18-16-14-12-10-8-6-4-2)38-62-67(57,58)66-68(59,60)63-39-41-45(54)46(55)47(65-41)51-36-35-42(49)50-48(51)56/h18,20,35-36,40-41,45-47,54-55H,3-17,19,21-34,37-39H2,1-2H3,(H,57,58)(H,59,60)(H2,49,50,56). The monoisotopic (exact) mass is 1010 g/mol. The van der Waals surface area contributed by atoms with Crippen molar-refractivity contribution >= 4 is 33.4 Å². The highest BCUT2D eigenvalue weighted by Crippen LogP contribution is 2.60. The second-order valence-corrected chi connectivity index (χ2v) is 21.1. The fourth-order valence-corrected chi connectivity index (χ4v) is 9.95. The third-order valence-corrected chi connectivity index (χ3v) is 14.5. The first-order chi connectivity index (χ1) is 32.7. The number of hydrogen-bond acceptors (Lipinski definition) is 15. The van der Waals surface area contributed by atoms with Crippen molar-refractivity contribution in [3.63, 3.8) is 0 Å². The van der Waals surface area contributed by atoms with Gasteiger partial charge in [0, 0.05) is 19.0 Å². The normalized spacial score (nSPS) is 19.5. The SMILES string of the molecule is CCCCCCCCC=CCCCCCCCC(=O)OC(COC(=O)CCCCCCCCCCCCCCCCC)COP(=O)(O)OP(=O)(O)OCC1OC(n2ccc(N)nc2=O)C(O)C1O. The molecule has 68 heavy (non-hydrogen) atoms. The van der Waals surface area contributed by atoms with Crippen LogP contribution in [0.4, 0.5) is 5.82 Å². The average molecular weight is 1010 g/mol. The third-order valence-electron chi connectivity index (χ3n) is 11.9. The van der Waals surface area contributed by atoms with Crippen LogP contribution in [0.25, 0.3) is 0 Å². The van der Waals surface area contributed by atoms with E-state index in [1.807, 2.05) is 0 Å². The number of ether oxygens (including phenoxy) is 3. The van der Waals surface area contributed by atoms with Gasteiger partial charge in [0.2, 0.25) is 0 Å². The zero-order valence-corrected chi connectivity index (χ0v) is 43.0. The number of aliphatic hydroxyl groups excluding tert-OH is 2. The van der Waals surface area contributed by atoms with Crippen LogP contribution in [0.2, 0.25) is 0 Å². The number of nitrogens with two attached hydrogens (primary N) is 1. The summed E-state index contributed by atoms with van der Waals surface area (Å²) in [4.78, 5) is 61.9. The molecule has 394 valence electrons. The lowest BCUT2D eigenvalue weighted by molar-refractivity contribution is -0.161. The van der Waals surface area contributed by atoms with E-state index < -0.39 is 83.7 Å². The lowest BCUT2D eigenvalue weighted by atomic mass is 10.0. The molecule has 2 heterocycles. The number of rotatable bonds is 43. The lowest BCUT2D eigenvalue weighted by Gasteiger charge is -2.21. The molecule has 1 aliphatic rings. The molecule has 18 nitrogen and oxygen atoms in total. The Hall–Kier alpha value is -2.50. The molecule has 0 amide bonds. The summed E-state index contributed by atoms with van der Waals surface area (Å²) >= 11 is 0. The highest BCUT2D eigenvalue weighted by atomic mass is 31.3. The van der Waals surface area contributed by atoms with E-state index in [9.17, 15) is 43.5 Å². The summed E-state index contributed by atoms with van der Waals surface area (Å²) in [7, 11) is -10.8. The molecular formula is C48H87N3O15P2. The number of aromatic nitrogens is 2. The van der Waals surface area contributed by atoms with Crippen molar-refractivity contribution in [2.24, 2.45) is 0 Å². The number of nitrogen functional groups attached to an aromatic ring is 1. The summed E-state index contributed by atoms with van der Waals surface area (Å²) in [6, 6.07) is 1.25. The van der Waals surface area contributed by atoms with Gasteiger partial charge in [0.25, 0.3) is 0 Å². The van der Waals surface area contributed by atoms with Gasteiger partial charge in [-0.3, -0.25) is 23.2 Å². The number of aliphatic hydroxyl groups is 2. The van der Waals surface area contributed by atoms with E-state index in [2.05, 4.69) is 35.3 Å². The Morgan fingerprint density at radius 1 is 0.691 bits per heavy atom.